The number of benzene rings is 1. The van der Waals surface area contributed by atoms with E-state index < -0.39 is 0 Å². The van der Waals surface area contributed by atoms with E-state index in [9.17, 15) is 9.59 Å². The number of ketones is 2. The largest absolute Gasteiger partial charge is 0.288 e. The van der Waals surface area contributed by atoms with Gasteiger partial charge in [0.2, 0.25) is 0 Å². The number of pyridine rings is 1. The van der Waals surface area contributed by atoms with E-state index in [1.165, 1.54) is 0 Å². The summed E-state index contributed by atoms with van der Waals surface area (Å²) in [7, 11) is 0. The Morgan fingerprint density at radius 1 is 0.950 bits per heavy atom. The van der Waals surface area contributed by atoms with Crippen LogP contribution in [0.1, 0.15) is 33.2 Å². The summed E-state index contributed by atoms with van der Waals surface area (Å²) >= 11 is 0. The van der Waals surface area contributed by atoms with Crippen molar-refractivity contribution in [3.8, 4) is 0 Å². The highest BCUT2D eigenvalue weighted by Gasteiger charge is 2.32. The molecular formula is C17H14NO2+. The van der Waals surface area contributed by atoms with Crippen molar-refractivity contribution in [1.29, 1.82) is 0 Å². The number of hydrogen-bond acceptors (Lipinski definition) is 2. The second kappa shape index (κ2) is 4.85. The first kappa shape index (κ1) is 12.5. The lowest BCUT2D eigenvalue weighted by Crippen LogP contribution is -2.30. The van der Waals surface area contributed by atoms with Gasteiger partial charge in [-0.3, -0.25) is 9.59 Å². The number of allylic oxidation sites excluding steroid dienone is 1. The van der Waals surface area contributed by atoms with Crippen LogP contribution in [0, 0.1) is 0 Å². The molecular weight excluding hydrogens is 250 g/mol. The quantitative estimate of drug-likeness (QED) is 0.475. The summed E-state index contributed by atoms with van der Waals surface area (Å²) in [6.07, 6.45) is 5.54. The molecule has 0 atom stereocenters. The smallest absolute Gasteiger partial charge is 0.197 e. The first-order valence-electron chi connectivity index (χ1n) is 6.60. The Bertz CT molecular complexity index is 690. The predicted octanol–water partition coefficient (Wildman–Crippen LogP) is 2.46. The summed E-state index contributed by atoms with van der Waals surface area (Å²) in [6, 6.07) is 10.8. The van der Waals surface area contributed by atoms with Crippen molar-refractivity contribution >= 4 is 17.6 Å². The van der Waals surface area contributed by atoms with Crippen LogP contribution >= 0.6 is 0 Å². The topological polar surface area (TPSA) is 38.0 Å². The summed E-state index contributed by atoms with van der Waals surface area (Å²) in [4.78, 5) is 24.5. The van der Waals surface area contributed by atoms with Crippen LogP contribution in [0.3, 0.4) is 0 Å². The summed E-state index contributed by atoms with van der Waals surface area (Å²) in [5.41, 5.74) is 2.12. The number of hydrogen-bond donors (Lipinski definition) is 0. The van der Waals surface area contributed by atoms with Gasteiger partial charge in [0.25, 0.3) is 0 Å². The lowest BCUT2D eigenvalue weighted by Gasteiger charge is -1.96. The molecule has 1 aliphatic rings. The Kier molecular flexibility index (Phi) is 3.03. The monoisotopic (exact) mass is 264 g/mol. The number of carbonyl (C=O) groups is 2. The Morgan fingerprint density at radius 2 is 1.50 bits per heavy atom. The second-order valence-electron chi connectivity index (χ2n) is 4.72. The van der Waals surface area contributed by atoms with E-state index in [-0.39, 0.29) is 17.1 Å². The minimum atomic E-state index is -0.183. The van der Waals surface area contributed by atoms with E-state index in [0.29, 0.717) is 11.1 Å². The molecule has 20 heavy (non-hydrogen) atoms. The molecule has 0 unspecified atom stereocenters. The number of aryl methyl sites for hydroxylation is 1. The van der Waals surface area contributed by atoms with Crippen LogP contribution in [0.5, 0.6) is 0 Å². The summed E-state index contributed by atoms with van der Waals surface area (Å²) in [5.74, 6) is -0.365. The molecule has 3 heteroatoms. The molecule has 1 aliphatic carbocycles. The van der Waals surface area contributed by atoms with Crippen molar-refractivity contribution in [2.45, 2.75) is 13.5 Å². The van der Waals surface area contributed by atoms with Gasteiger partial charge in [-0.05, 0) is 18.6 Å². The number of aromatic nitrogens is 1. The van der Waals surface area contributed by atoms with E-state index in [2.05, 4.69) is 6.92 Å². The third-order valence-corrected chi connectivity index (χ3v) is 3.50. The molecule has 1 aromatic heterocycles. The van der Waals surface area contributed by atoms with Crippen molar-refractivity contribution in [3.63, 3.8) is 0 Å². The van der Waals surface area contributed by atoms with Crippen LogP contribution < -0.4 is 4.57 Å². The minimum absolute atomic E-state index is 0.183. The van der Waals surface area contributed by atoms with Crippen molar-refractivity contribution in [2.75, 3.05) is 0 Å². The highest BCUT2D eigenvalue weighted by molar-refractivity contribution is 6.41. The zero-order valence-electron chi connectivity index (χ0n) is 11.2. The molecule has 0 spiro atoms. The summed E-state index contributed by atoms with van der Waals surface area (Å²) in [5, 5.41) is 0. The lowest BCUT2D eigenvalue weighted by molar-refractivity contribution is -0.693. The maximum Gasteiger partial charge on any atom is 0.197 e. The van der Waals surface area contributed by atoms with Gasteiger partial charge >= 0.3 is 0 Å². The molecule has 2 aromatic rings. The second-order valence-corrected chi connectivity index (χ2v) is 4.72. The van der Waals surface area contributed by atoms with E-state index in [1.54, 1.807) is 30.3 Å². The average molecular weight is 264 g/mol. The first-order chi connectivity index (χ1) is 9.70. The van der Waals surface area contributed by atoms with Crippen molar-refractivity contribution < 1.29 is 14.2 Å². The molecule has 0 bridgehead atoms. The summed E-state index contributed by atoms with van der Waals surface area (Å²) in [6.45, 7) is 2.94. The lowest BCUT2D eigenvalue weighted by atomic mass is 10.1. The first-order valence-corrected chi connectivity index (χ1v) is 6.60. The Hall–Kier alpha value is -2.55. The van der Waals surface area contributed by atoms with Gasteiger partial charge in [0.15, 0.2) is 24.0 Å². The number of rotatable bonds is 2. The SMILES string of the molecule is CC[n+]1ccc(C=C2C(=O)c3ccccc3C2=O)cc1. The van der Waals surface area contributed by atoms with Crippen LogP contribution in [0.2, 0.25) is 0 Å². The van der Waals surface area contributed by atoms with Crippen molar-refractivity contribution in [3.05, 3.63) is 71.1 Å². The number of carbonyl (C=O) groups excluding carboxylic acids is 2. The molecule has 3 nitrogen and oxygen atoms in total. The van der Waals surface area contributed by atoms with Gasteiger partial charge in [-0.25, -0.2) is 4.57 Å². The Morgan fingerprint density at radius 3 is 2.00 bits per heavy atom. The van der Waals surface area contributed by atoms with Crippen molar-refractivity contribution in [2.24, 2.45) is 0 Å². The van der Waals surface area contributed by atoms with Crippen LogP contribution in [-0.4, -0.2) is 11.6 Å². The molecule has 1 heterocycles. The normalized spacial score (nSPS) is 13.6. The fourth-order valence-corrected chi connectivity index (χ4v) is 2.35. The van der Waals surface area contributed by atoms with E-state index in [1.807, 2.05) is 29.1 Å². The molecule has 98 valence electrons. The van der Waals surface area contributed by atoms with Crippen LogP contribution in [0.4, 0.5) is 0 Å². The van der Waals surface area contributed by atoms with Gasteiger partial charge in [0.05, 0.1) is 5.57 Å². The molecule has 3 rings (SSSR count). The molecule has 0 fully saturated rings. The highest BCUT2D eigenvalue weighted by Crippen LogP contribution is 2.27. The van der Waals surface area contributed by atoms with Gasteiger partial charge < -0.3 is 0 Å². The van der Waals surface area contributed by atoms with Gasteiger partial charge in [-0.1, -0.05) is 24.3 Å². The highest BCUT2D eigenvalue weighted by atomic mass is 16.2. The third-order valence-electron chi connectivity index (χ3n) is 3.50. The molecule has 0 saturated heterocycles. The van der Waals surface area contributed by atoms with Gasteiger partial charge in [0.1, 0.15) is 6.54 Å². The zero-order valence-corrected chi connectivity index (χ0v) is 11.2. The fraction of sp³-hybridized carbons (Fsp3) is 0.118. The molecule has 0 N–H and O–H groups in total. The van der Waals surface area contributed by atoms with Crippen molar-refractivity contribution in [1.82, 2.24) is 0 Å². The standard InChI is InChI=1S/C17H14NO2/c1-2-18-9-7-12(8-10-18)11-15-16(19)13-5-3-4-6-14(13)17(15)20/h3-11H,2H2,1H3/q+1. The van der Waals surface area contributed by atoms with Crippen LogP contribution in [0.15, 0.2) is 54.4 Å². The van der Waals surface area contributed by atoms with E-state index in [4.69, 9.17) is 0 Å². The van der Waals surface area contributed by atoms with Gasteiger partial charge in [-0.2, -0.15) is 0 Å². The number of fused-ring (bicyclic) bond motifs is 1. The van der Waals surface area contributed by atoms with E-state index >= 15 is 0 Å². The van der Waals surface area contributed by atoms with Gasteiger partial charge in [0, 0.05) is 23.3 Å². The van der Waals surface area contributed by atoms with E-state index in [0.717, 1.165) is 12.1 Å². The molecule has 0 saturated carbocycles. The fourth-order valence-electron chi connectivity index (χ4n) is 2.35. The molecule has 1 aromatic carbocycles. The Balaban J connectivity index is 2.01. The Labute approximate surface area is 117 Å². The summed E-state index contributed by atoms with van der Waals surface area (Å²) < 4.78 is 2.02. The molecule has 0 radical (unpaired) electrons. The minimum Gasteiger partial charge on any atom is -0.288 e. The molecule has 0 aliphatic heterocycles. The molecule has 0 amide bonds. The average Bonchev–Trinajstić information content (AvgIpc) is 2.74. The van der Waals surface area contributed by atoms with Crippen LogP contribution in [-0.2, 0) is 6.54 Å². The predicted molar refractivity (Wildman–Crippen MR) is 75.4 cm³/mol. The maximum absolute atomic E-state index is 12.2. The zero-order chi connectivity index (χ0) is 14.1. The van der Waals surface area contributed by atoms with Gasteiger partial charge in [-0.15, -0.1) is 0 Å². The number of nitrogens with zero attached hydrogens (tertiary/aromatic N) is 1. The number of Topliss-reactive ketones (excluding diaryl/α,β-unsaturated/α-hetero) is 2. The maximum atomic E-state index is 12.2. The van der Waals surface area contributed by atoms with Crippen LogP contribution in [0.25, 0.3) is 6.08 Å². The third kappa shape index (κ3) is 1.97.